The largest absolute Gasteiger partial charge is 0.479 e. The first kappa shape index (κ1) is 21.4. The molecule has 0 aliphatic carbocycles. The number of amides is 1. The van der Waals surface area contributed by atoms with Crippen LogP contribution in [0.2, 0.25) is 0 Å². The summed E-state index contributed by atoms with van der Waals surface area (Å²) in [5.41, 5.74) is 3.42. The number of rotatable bonds is 9. The van der Waals surface area contributed by atoms with E-state index >= 15 is 0 Å². The highest BCUT2D eigenvalue weighted by Crippen LogP contribution is 2.19. The van der Waals surface area contributed by atoms with E-state index in [1.165, 1.54) is 0 Å². The van der Waals surface area contributed by atoms with Crippen molar-refractivity contribution >= 4 is 17.6 Å². The van der Waals surface area contributed by atoms with Gasteiger partial charge in [0.2, 0.25) is 0 Å². The second-order valence-corrected chi connectivity index (χ2v) is 6.42. The van der Waals surface area contributed by atoms with Crippen LogP contribution < -0.4 is 10.1 Å². The smallest absolute Gasteiger partial charge is 0.347 e. The SMILES string of the molecule is CCOCCOC(=O)[C@@H](C)Oc1ccc(C(=O)Nc2ccc(C)cc2C)cc1. The van der Waals surface area contributed by atoms with Gasteiger partial charge in [-0.2, -0.15) is 0 Å². The van der Waals surface area contributed by atoms with Crippen LogP contribution in [0, 0.1) is 13.8 Å². The van der Waals surface area contributed by atoms with Crippen molar-refractivity contribution in [3.05, 3.63) is 59.2 Å². The van der Waals surface area contributed by atoms with Crippen LogP contribution in [0.1, 0.15) is 35.3 Å². The Bertz CT molecular complexity index is 801. The second kappa shape index (κ2) is 10.5. The summed E-state index contributed by atoms with van der Waals surface area (Å²) in [6, 6.07) is 12.5. The number of ether oxygens (including phenoxy) is 3. The number of benzene rings is 2. The van der Waals surface area contributed by atoms with Gasteiger partial charge in [0.05, 0.1) is 6.61 Å². The van der Waals surface area contributed by atoms with Crippen LogP contribution in [0.25, 0.3) is 0 Å². The van der Waals surface area contributed by atoms with Crippen LogP contribution in [0.15, 0.2) is 42.5 Å². The normalized spacial score (nSPS) is 11.6. The molecule has 0 spiro atoms. The maximum Gasteiger partial charge on any atom is 0.347 e. The number of hydrogen-bond donors (Lipinski definition) is 1. The molecular weight excluding hydrogens is 358 g/mol. The van der Waals surface area contributed by atoms with Gasteiger partial charge in [-0.15, -0.1) is 0 Å². The Balaban J connectivity index is 1.89. The first-order chi connectivity index (χ1) is 13.4. The van der Waals surface area contributed by atoms with Gasteiger partial charge in [0.1, 0.15) is 12.4 Å². The highest BCUT2D eigenvalue weighted by Gasteiger charge is 2.16. The average molecular weight is 385 g/mol. The van der Waals surface area contributed by atoms with Gasteiger partial charge >= 0.3 is 5.97 Å². The van der Waals surface area contributed by atoms with Crippen molar-refractivity contribution < 1.29 is 23.8 Å². The van der Waals surface area contributed by atoms with Crippen molar-refractivity contribution in [3.8, 4) is 5.75 Å². The fourth-order valence-corrected chi connectivity index (χ4v) is 2.55. The molecule has 2 rings (SSSR count). The number of carbonyl (C=O) groups excluding carboxylic acids is 2. The summed E-state index contributed by atoms with van der Waals surface area (Å²) in [6.45, 7) is 8.58. The van der Waals surface area contributed by atoms with Crippen molar-refractivity contribution in [3.63, 3.8) is 0 Å². The summed E-state index contributed by atoms with van der Waals surface area (Å²) < 4.78 is 15.8. The monoisotopic (exact) mass is 385 g/mol. The van der Waals surface area contributed by atoms with Gasteiger partial charge in [-0.3, -0.25) is 4.79 Å². The molecule has 0 heterocycles. The predicted molar refractivity (Wildman–Crippen MR) is 108 cm³/mol. The molecule has 2 aromatic rings. The molecule has 2 aromatic carbocycles. The zero-order valence-corrected chi connectivity index (χ0v) is 16.8. The Morgan fingerprint density at radius 3 is 2.39 bits per heavy atom. The zero-order valence-electron chi connectivity index (χ0n) is 16.8. The van der Waals surface area contributed by atoms with Crippen LogP contribution in [0.3, 0.4) is 0 Å². The summed E-state index contributed by atoms with van der Waals surface area (Å²) >= 11 is 0. The molecular formula is C22H27NO5. The standard InChI is InChI=1S/C22H27NO5/c1-5-26-12-13-27-22(25)17(4)28-19-9-7-18(8-10-19)21(24)23-20-11-6-15(2)14-16(20)3/h6-11,14,17H,5,12-13H2,1-4H3,(H,23,24)/t17-/m1/s1. The number of aryl methyl sites for hydroxylation is 2. The topological polar surface area (TPSA) is 73.9 Å². The summed E-state index contributed by atoms with van der Waals surface area (Å²) in [4.78, 5) is 24.3. The van der Waals surface area contributed by atoms with Gasteiger partial charge in [-0.25, -0.2) is 4.79 Å². The molecule has 0 radical (unpaired) electrons. The lowest BCUT2D eigenvalue weighted by Gasteiger charge is -2.14. The van der Waals surface area contributed by atoms with E-state index in [9.17, 15) is 9.59 Å². The Kier molecular flexibility index (Phi) is 8.02. The van der Waals surface area contributed by atoms with Gasteiger partial charge in [0, 0.05) is 17.9 Å². The molecule has 0 aliphatic heterocycles. The van der Waals surface area contributed by atoms with E-state index in [0.29, 0.717) is 24.5 Å². The maximum absolute atomic E-state index is 12.4. The highest BCUT2D eigenvalue weighted by atomic mass is 16.6. The molecule has 0 saturated heterocycles. The Morgan fingerprint density at radius 1 is 1.04 bits per heavy atom. The molecule has 6 nitrogen and oxygen atoms in total. The predicted octanol–water partition coefficient (Wildman–Crippen LogP) is 3.90. The third-order valence-electron chi connectivity index (χ3n) is 4.07. The molecule has 0 unspecified atom stereocenters. The third kappa shape index (κ3) is 6.39. The molecule has 0 fully saturated rings. The summed E-state index contributed by atoms with van der Waals surface area (Å²) in [7, 11) is 0. The van der Waals surface area contributed by atoms with Crippen molar-refractivity contribution in [1.29, 1.82) is 0 Å². The molecule has 1 amide bonds. The quantitative estimate of drug-likeness (QED) is 0.523. The maximum atomic E-state index is 12.4. The van der Waals surface area contributed by atoms with Gasteiger partial charge in [0.25, 0.3) is 5.91 Å². The fraction of sp³-hybridized carbons (Fsp3) is 0.364. The highest BCUT2D eigenvalue weighted by molar-refractivity contribution is 6.04. The van der Waals surface area contributed by atoms with E-state index in [2.05, 4.69) is 5.32 Å². The third-order valence-corrected chi connectivity index (χ3v) is 4.07. The van der Waals surface area contributed by atoms with Gasteiger partial charge in [-0.05, 0) is 63.6 Å². The molecule has 0 bridgehead atoms. The number of anilines is 1. The van der Waals surface area contributed by atoms with E-state index in [-0.39, 0.29) is 12.5 Å². The minimum absolute atomic E-state index is 0.192. The minimum Gasteiger partial charge on any atom is -0.479 e. The van der Waals surface area contributed by atoms with Gasteiger partial charge in [-0.1, -0.05) is 17.7 Å². The van der Waals surface area contributed by atoms with Crippen LogP contribution in [-0.4, -0.2) is 37.8 Å². The molecule has 1 N–H and O–H groups in total. The van der Waals surface area contributed by atoms with E-state index in [1.54, 1.807) is 31.2 Å². The lowest BCUT2D eigenvalue weighted by Crippen LogP contribution is -2.27. The minimum atomic E-state index is -0.753. The molecule has 150 valence electrons. The molecule has 6 heteroatoms. The molecule has 0 aliphatic rings. The van der Waals surface area contributed by atoms with Gasteiger partial charge < -0.3 is 19.5 Å². The number of hydrogen-bond acceptors (Lipinski definition) is 5. The first-order valence-corrected chi connectivity index (χ1v) is 9.30. The van der Waals surface area contributed by atoms with Crippen molar-refractivity contribution in [1.82, 2.24) is 0 Å². The molecule has 1 atom stereocenters. The van der Waals surface area contributed by atoms with E-state index < -0.39 is 12.1 Å². The Hall–Kier alpha value is -2.86. The van der Waals surface area contributed by atoms with Crippen molar-refractivity contribution in [2.45, 2.75) is 33.8 Å². The summed E-state index contributed by atoms with van der Waals surface area (Å²) in [5, 5.41) is 2.90. The molecule has 0 aromatic heterocycles. The zero-order chi connectivity index (χ0) is 20.5. The number of nitrogens with one attached hydrogen (secondary N) is 1. The Labute approximate surface area is 165 Å². The van der Waals surface area contributed by atoms with Crippen molar-refractivity contribution in [2.24, 2.45) is 0 Å². The second-order valence-electron chi connectivity index (χ2n) is 6.42. The van der Waals surface area contributed by atoms with Gasteiger partial charge in [0.15, 0.2) is 6.10 Å². The molecule has 28 heavy (non-hydrogen) atoms. The fourth-order valence-electron chi connectivity index (χ4n) is 2.55. The van der Waals surface area contributed by atoms with Crippen LogP contribution >= 0.6 is 0 Å². The molecule has 0 saturated carbocycles. The van der Waals surface area contributed by atoms with E-state index in [0.717, 1.165) is 16.8 Å². The first-order valence-electron chi connectivity index (χ1n) is 9.30. The lowest BCUT2D eigenvalue weighted by molar-refractivity contribution is -0.152. The van der Waals surface area contributed by atoms with Crippen LogP contribution in [-0.2, 0) is 14.3 Å². The lowest BCUT2D eigenvalue weighted by atomic mass is 10.1. The summed E-state index contributed by atoms with van der Waals surface area (Å²) in [5.74, 6) is -0.185. The average Bonchev–Trinajstić information content (AvgIpc) is 2.67. The summed E-state index contributed by atoms with van der Waals surface area (Å²) in [6.07, 6.45) is -0.753. The number of carbonyl (C=O) groups is 2. The Morgan fingerprint density at radius 2 is 1.75 bits per heavy atom. The van der Waals surface area contributed by atoms with Crippen LogP contribution in [0.5, 0.6) is 5.75 Å². The van der Waals surface area contributed by atoms with Crippen LogP contribution in [0.4, 0.5) is 5.69 Å². The number of esters is 1. The van der Waals surface area contributed by atoms with E-state index in [4.69, 9.17) is 14.2 Å². The van der Waals surface area contributed by atoms with E-state index in [1.807, 2.05) is 39.0 Å². The van der Waals surface area contributed by atoms with Crippen molar-refractivity contribution in [2.75, 3.05) is 25.1 Å².